The fraction of sp³-hybridized carbons (Fsp3) is 0.0714. The molecule has 1 aromatic heterocycles. The molecule has 4 heteroatoms. The molecule has 0 spiro atoms. The van der Waals surface area contributed by atoms with Crippen LogP contribution < -0.4 is 10.4 Å². The highest BCUT2D eigenvalue weighted by atomic mass is 19.1. The fourth-order valence-corrected chi connectivity index (χ4v) is 1.46. The average molecular weight is 246 g/mol. The van der Waals surface area contributed by atoms with Crippen LogP contribution >= 0.6 is 0 Å². The van der Waals surface area contributed by atoms with Crippen molar-refractivity contribution in [2.24, 2.45) is 0 Å². The molecule has 1 heterocycles. The topological polar surface area (TPSA) is 39.4 Å². The summed E-state index contributed by atoms with van der Waals surface area (Å²) in [6.07, 6.45) is 3.05. The van der Waals surface area contributed by atoms with Gasteiger partial charge in [0.05, 0.1) is 13.2 Å². The third kappa shape index (κ3) is 2.85. The lowest BCUT2D eigenvalue weighted by atomic mass is 10.2. The lowest BCUT2D eigenvalue weighted by Gasteiger charge is -1.99. The number of ether oxygens (including phenoxy) is 1. The Kier molecular flexibility index (Phi) is 3.57. The molecule has 0 fully saturated rings. The van der Waals surface area contributed by atoms with Gasteiger partial charge in [0.2, 0.25) is 0 Å². The quantitative estimate of drug-likeness (QED) is 0.835. The van der Waals surface area contributed by atoms with Crippen LogP contribution in [0.25, 0.3) is 12.2 Å². The standard InChI is InChI=1S/C14H11FO3/c1-17-12-8-11(18-14(16)9-12)7-6-10-4-2-3-5-13(10)15/h2-9H,1H3/b7-6+. The van der Waals surface area contributed by atoms with Crippen molar-refractivity contribution >= 4 is 12.2 Å². The smallest absolute Gasteiger partial charge is 0.339 e. The van der Waals surface area contributed by atoms with Crippen molar-refractivity contribution in [2.75, 3.05) is 7.11 Å². The normalized spacial score (nSPS) is 10.8. The van der Waals surface area contributed by atoms with E-state index in [1.54, 1.807) is 24.3 Å². The van der Waals surface area contributed by atoms with E-state index in [4.69, 9.17) is 9.15 Å². The average Bonchev–Trinajstić information content (AvgIpc) is 2.37. The molecular weight excluding hydrogens is 235 g/mol. The van der Waals surface area contributed by atoms with Crippen molar-refractivity contribution in [2.45, 2.75) is 0 Å². The molecule has 0 radical (unpaired) electrons. The number of hydrogen-bond donors (Lipinski definition) is 0. The number of rotatable bonds is 3. The first-order valence-corrected chi connectivity index (χ1v) is 5.31. The van der Waals surface area contributed by atoms with Gasteiger partial charge in [-0.3, -0.25) is 0 Å². The summed E-state index contributed by atoms with van der Waals surface area (Å²) in [4.78, 5) is 11.2. The van der Waals surface area contributed by atoms with Crippen molar-refractivity contribution in [1.82, 2.24) is 0 Å². The predicted octanol–water partition coefficient (Wildman–Crippen LogP) is 2.96. The minimum atomic E-state index is -0.512. The van der Waals surface area contributed by atoms with E-state index >= 15 is 0 Å². The van der Waals surface area contributed by atoms with E-state index < -0.39 is 5.63 Å². The Labute approximate surface area is 103 Å². The summed E-state index contributed by atoms with van der Waals surface area (Å²) < 4.78 is 23.2. The summed E-state index contributed by atoms with van der Waals surface area (Å²) >= 11 is 0. The Hall–Kier alpha value is -2.36. The molecule has 0 N–H and O–H groups in total. The van der Waals surface area contributed by atoms with Crippen molar-refractivity contribution in [3.63, 3.8) is 0 Å². The van der Waals surface area contributed by atoms with Crippen LogP contribution in [0, 0.1) is 5.82 Å². The Morgan fingerprint density at radius 2 is 2.00 bits per heavy atom. The first kappa shape index (κ1) is 12.1. The largest absolute Gasteiger partial charge is 0.496 e. The second-order valence-electron chi connectivity index (χ2n) is 3.57. The molecule has 0 bridgehead atoms. The van der Waals surface area contributed by atoms with Gasteiger partial charge in [0, 0.05) is 11.6 Å². The van der Waals surface area contributed by atoms with Crippen LogP contribution in [-0.2, 0) is 0 Å². The van der Waals surface area contributed by atoms with Gasteiger partial charge in [-0.2, -0.15) is 0 Å². The van der Waals surface area contributed by atoms with Gasteiger partial charge in [-0.25, -0.2) is 9.18 Å². The number of hydrogen-bond acceptors (Lipinski definition) is 3. The van der Waals surface area contributed by atoms with Crippen molar-refractivity contribution in [3.8, 4) is 5.75 Å². The summed E-state index contributed by atoms with van der Waals surface area (Å²) in [5.41, 5.74) is -0.0921. The van der Waals surface area contributed by atoms with Crippen LogP contribution in [-0.4, -0.2) is 7.11 Å². The molecule has 0 amide bonds. The van der Waals surface area contributed by atoms with Crippen LogP contribution in [0.2, 0.25) is 0 Å². The van der Waals surface area contributed by atoms with E-state index in [1.165, 1.54) is 31.4 Å². The highest BCUT2D eigenvalue weighted by Gasteiger charge is 2.00. The first-order valence-electron chi connectivity index (χ1n) is 5.31. The molecule has 92 valence electrons. The van der Waals surface area contributed by atoms with E-state index in [0.717, 1.165) is 0 Å². The van der Waals surface area contributed by atoms with Gasteiger partial charge >= 0.3 is 5.63 Å². The van der Waals surface area contributed by atoms with Gasteiger partial charge in [0.25, 0.3) is 0 Å². The summed E-state index contributed by atoms with van der Waals surface area (Å²) in [6.45, 7) is 0. The zero-order valence-corrected chi connectivity index (χ0v) is 9.72. The Balaban J connectivity index is 2.32. The molecule has 3 nitrogen and oxygen atoms in total. The van der Waals surface area contributed by atoms with Crippen LogP contribution in [0.4, 0.5) is 4.39 Å². The monoisotopic (exact) mass is 246 g/mol. The van der Waals surface area contributed by atoms with E-state index in [1.807, 2.05) is 0 Å². The van der Waals surface area contributed by atoms with E-state index in [2.05, 4.69) is 0 Å². The van der Waals surface area contributed by atoms with Gasteiger partial charge in [-0.15, -0.1) is 0 Å². The third-order valence-corrected chi connectivity index (χ3v) is 2.33. The second-order valence-corrected chi connectivity index (χ2v) is 3.57. The minimum absolute atomic E-state index is 0.308. The van der Waals surface area contributed by atoms with Crippen molar-refractivity contribution < 1.29 is 13.5 Å². The SMILES string of the molecule is COc1cc(/C=C/c2ccccc2F)oc(=O)c1. The molecule has 0 aliphatic rings. The van der Waals surface area contributed by atoms with E-state index in [9.17, 15) is 9.18 Å². The van der Waals surface area contributed by atoms with E-state index in [-0.39, 0.29) is 5.82 Å². The van der Waals surface area contributed by atoms with Gasteiger partial charge in [-0.1, -0.05) is 18.2 Å². The third-order valence-electron chi connectivity index (χ3n) is 2.33. The van der Waals surface area contributed by atoms with Gasteiger partial charge in [0.1, 0.15) is 17.3 Å². The number of halogens is 1. The van der Waals surface area contributed by atoms with Gasteiger partial charge in [0.15, 0.2) is 0 Å². The van der Waals surface area contributed by atoms with Crippen LogP contribution in [0.15, 0.2) is 45.6 Å². The summed E-state index contributed by atoms with van der Waals surface area (Å²) in [6, 6.07) is 9.12. The molecule has 0 atom stereocenters. The maximum atomic E-state index is 13.3. The maximum absolute atomic E-state index is 13.3. The Bertz CT molecular complexity index is 629. The Morgan fingerprint density at radius 1 is 1.22 bits per heavy atom. The highest BCUT2D eigenvalue weighted by molar-refractivity contribution is 5.67. The second kappa shape index (κ2) is 5.31. The van der Waals surface area contributed by atoms with Crippen LogP contribution in [0.5, 0.6) is 5.75 Å². The molecular formula is C14H11FO3. The maximum Gasteiger partial charge on any atom is 0.339 e. The van der Waals surface area contributed by atoms with Crippen LogP contribution in [0.1, 0.15) is 11.3 Å². The highest BCUT2D eigenvalue weighted by Crippen LogP contribution is 2.14. The number of benzene rings is 1. The minimum Gasteiger partial charge on any atom is -0.496 e. The summed E-state index contributed by atoms with van der Waals surface area (Å²) in [5, 5.41) is 0. The molecule has 18 heavy (non-hydrogen) atoms. The Morgan fingerprint density at radius 3 is 2.72 bits per heavy atom. The predicted molar refractivity (Wildman–Crippen MR) is 66.9 cm³/mol. The molecule has 2 aromatic rings. The van der Waals surface area contributed by atoms with Gasteiger partial charge in [-0.05, 0) is 18.2 Å². The number of methoxy groups -OCH3 is 1. The molecule has 0 unspecified atom stereocenters. The fourth-order valence-electron chi connectivity index (χ4n) is 1.46. The zero-order chi connectivity index (χ0) is 13.0. The molecule has 2 rings (SSSR count). The van der Waals surface area contributed by atoms with Crippen molar-refractivity contribution in [3.05, 3.63) is 64.0 Å². The molecule has 0 aliphatic carbocycles. The molecule has 0 saturated carbocycles. The molecule has 0 saturated heterocycles. The van der Waals surface area contributed by atoms with Gasteiger partial charge < -0.3 is 9.15 Å². The lowest BCUT2D eigenvalue weighted by molar-refractivity contribution is 0.400. The first-order chi connectivity index (χ1) is 8.69. The summed E-state index contributed by atoms with van der Waals surface area (Å²) in [7, 11) is 1.46. The zero-order valence-electron chi connectivity index (χ0n) is 9.72. The van der Waals surface area contributed by atoms with Crippen LogP contribution in [0.3, 0.4) is 0 Å². The molecule has 0 aliphatic heterocycles. The van der Waals surface area contributed by atoms with Crippen molar-refractivity contribution in [1.29, 1.82) is 0 Å². The molecule has 1 aromatic carbocycles. The van der Waals surface area contributed by atoms with E-state index in [0.29, 0.717) is 17.1 Å². The lowest BCUT2D eigenvalue weighted by Crippen LogP contribution is -1.98. The summed E-state index contributed by atoms with van der Waals surface area (Å²) in [5.74, 6) is 0.376.